The Morgan fingerprint density at radius 3 is 2.23 bits per heavy atom. The molecule has 0 aliphatic carbocycles. The fraction of sp³-hybridized carbons (Fsp3) is 0.100. The number of carbonyl (C=O) groups is 3. The number of carbonyl (C=O) groups excluding carboxylic acids is 3. The van der Waals surface area contributed by atoms with E-state index in [1.807, 2.05) is 30.3 Å². The molecule has 1 fully saturated rings. The number of hydrogen-bond acceptors (Lipinski definition) is 4. The lowest BCUT2D eigenvalue weighted by Crippen LogP contribution is -2.43. The molecule has 0 radical (unpaired) electrons. The summed E-state index contributed by atoms with van der Waals surface area (Å²) in [5, 5.41) is 5.30. The predicted octanol–water partition coefficient (Wildman–Crippen LogP) is 5.92. The van der Waals surface area contributed by atoms with Crippen molar-refractivity contribution >= 4 is 29.3 Å². The highest BCUT2D eigenvalue weighted by Gasteiger charge is 2.47. The minimum atomic E-state index is -1.07. The molecule has 1 aliphatic rings. The second kappa shape index (κ2) is 11.1. The average Bonchev–Trinajstić information content (AvgIpc) is 3.25. The maximum Gasteiger partial charge on any atom is 0.411 e. The molecule has 2 atom stereocenters. The summed E-state index contributed by atoms with van der Waals surface area (Å²) in [6, 6.07) is 25.5. The van der Waals surface area contributed by atoms with E-state index in [9.17, 15) is 23.2 Å². The van der Waals surface area contributed by atoms with Crippen LogP contribution in [0.5, 0.6) is 0 Å². The highest BCUT2D eigenvalue weighted by molar-refractivity contribution is 6.04. The average molecular weight is 528 g/mol. The Labute approximate surface area is 223 Å². The molecule has 0 aromatic heterocycles. The first-order valence-corrected chi connectivity index (χ1v) is 12.1. The smallest absolute Gasteiger partial charge is 0.411 e. The molecule has 0 bridgehead atoms. The Bertz CT molecular complexity index is 1510. The molecule has 7 nitrogen and oxygen atoms in total. The summed E-state index contributed by atoms with van der Waals surface area (Å²) in [7, 11) is 0. The van der Waals surface area contributed by atoms with Crippen molar-refractivity contribution in [3.8, 4) is 0 Å². The van der Waals surface area contributed by atoms with Gasteiger partial charge in [-0.3, -0.25) is 14.5 Å². The van der Waals surface area contributed by atoms with Crippen molar-refractivity contribution in [2.45, 2.75) is 18.7 Å². The summed E-state index contributed by atoms with van der Waals surface area (Å²) in [5.74, 6) is -2.33. The molecule has 3 amide bonds. The number of hydrogen-bond donors (Lipinski definition) is 2. The number of rotatable bonds is 7. The van der Waals surface area contributed by atoms with Gasteiger partial charge in [0, 0.05) is 11.4 Å². The molecule has 2 N–H and O–H groups in total. The minimum absolute atomic E-state index is 0.100. The van der Waals surface area contributed by atoms with Crippen molar-refractivity contribution in [2.75, 3.05) is 10.6 Å². The molecule has 1 aliphatic heterocycles. The zero-order valence-corrected chi connectivity index (χ0v) is 20.5. The van der Waals surface area contributed by atoms with Crippen LogP contribution in [0.2, 0.25) is 0 Å². The van der Waals surface area contributed by atoms with Gasteiger partial charge >= 0.3 is 6.09 Å². The van der Waals surface area contributed by atoms with Crippen LogP contribution in [0.1, 0.15) is 27.6 Å². The standard InChI is InChI=1S/C30H23F2N3O4/c31-21-9-6-10-23(17-21)34-29(37)26-27(39-30(38)35(26)18-19-7-2-1-3-8-19)20-13-15-22(16-14-20)33-28(36)24-11-4-5-12-25(24)32/h1-17,26-27H,18H2,(H,33,36)(H,34,37). The van der Waals surface area contributed by atoms with Crippen LogP contribution in [0.25, 0.3) is 0 Å². The summed E-state index contributed by atoms with van der Waals surface area (Å²) in [6.45, 7) is 0.119. The van der Waals surface area contributed by atoms with Gasteiger partial charge in [0.2, 0.25) is 0 Å². The Morgan fingerprint density at radius 2 is 1.51 bits per heavy atom. The van der Waals surface area contributed by atoms with Gasteiger partial charge in [0.25, 0.3) is 11.8 Å². The predicted molar refractivity (Wildman–Crippen MR) is 141 cm³/mol. The number of cyclic esters (lactones) is 1. The van der Waals surface area contributed by atoms with Crippen molar-refractivity contribution in [3.63, 3.8) is 0 Å². The number of anilines is 2. The lowest BCUT2D eigenvalue weighted by molar-refractivity contribution is -0.121. The fourth-order valence-electron chi connectivity index (χ4n) is 4.37. The van der Waals surface area contributed by atoms with Crippen LogP contribution in [0.15, 0.2) is 103 Å². The molecule has 1 heterocycles. The number of benzene rings is 4. The lowest BCUT2D eigenvalue weighted by atomic mass is 10.00. The van der Waals surface area contributed by atoms with E-state index in [0.29, 0.717) is 11.3 Å². The molecule has 4 aromatic rings. The van der Waals surface area contributed by atoms with Gasteiger partial charge in [-0.25, -0.2) is 13.6 Å². The van der Waals surface area contributed by atoms with E-state index in [1.54, 1.807) is 36.4 Å². The van der Waals surface area contributed by atoms with E-state index in [2.05, 4.69) is 10.6 Å². The molecule has 4 aromatic carbocycles. The third-order valence-electron chi connectivity index (χ3n) is 6.26. The van der Waals surface area contributed by atoms with Crippen LogP contribution in [-0.4, -0.2) is 28.8 Å². The van der Waals surface area contributed by atoms with Crippen LogP contribution in [0.4, 0.5) is 25.0 Å². The first-order valence-electron chi connectivity index (χ1n) is 12.1. The summed E-state index contributed by atoms with van der Waals surface area (Å²) in [6.07, 6.45) is -1.66. The van der Waals surface area contributed by atoms with Gasteiger partial charge in [-0.2, -0.15) is 0 Å². The van der Waals surface area contributed by atoms with Crippen molar-refractivity contribution in [2.24, 2.45) is 0 Å². The number of halogens is 2. The molecule has 0 spiro atoms. The summed E-state index contributed by atoms with van der Waals surface area (Å²) < 4.78 is 33.3. The second-order valence-corrected chi connectivity index (χ2v) is 8.92. The van der Waals surface area contributed by atoms with Crippen LogP contribution in [0, 0.1) is 11.6 Å². The lowest BCUT2D eigenvalue weighted by Gasteiger charge is -2.24. The first-order chi connectivity index (χ1) is 18.9. The fourth-order valence-corrected chi connectivity index (χ4v) is 4.37. The van der Waals surface area contributed by atoms with Gasteiger partial charge in [-0.15, -0.1) is 0 Å². The van der Waals surface area contributed by atoms with E-state index < -0.39 is 41.7 Å². The number of ether oxygens (including phenoxy) is 1. The van der Waals surface area contributed by atoms with Crippen LogP contribution in [-0.2, 0) is 16.1 Å². The topological polar surface area (TPSA) is 87.7 Å². The normalized spacial score (nSPS) is 16.5. The van der Waals surface area contributed by atoms with E-state index >= 15 is 0 Å². The van der Waals surface area contributed by atoms with Crippen LogP contribution in [0.3, 0.4) is 0 Å². The molecule has 39 heavy (non-hydrogen) atoms. The monoisotopic (exact) mass is 527 g/mol. The second-order valence-electron chi connectivity index (χ2n) is 8.92. The number of nitrogens with zero attached hydrogens (tertiary/aromatic N) is 1. The largest absolute Gasteiger partial charge is 0.438 e. The highest BCUT2D eigenvalue weighted by Crippen LogP contribution is 2.35. The summed E-state index contributed by atoms with van der Waals surface area (Å²) in [5.41, 5.74) is 1.83. The van der Waals surface area contributed by atoms with Gasteiger partial charge < -0.3 is 15.4 Å². The highest BCUT2D eigenvalue weighted by atomic mass is 19.1. The zero-order chi connectivity index (χ0) is 27.4. The van der Waals surface area contributed by atoms with Gasteiger partial charge in [-0.1, -0.05) is 60.7 Å². The van der Waals surface area contributed by atoms with Gasteiger partial charge in [0.15, 0.2) is 12.1 Å². The van der Waals surface area contributed by atoms with Crippen LogP contribution < -0.4 is 10.6 Å². The number of amides is 3. The minimum Gasteiger partial charge on any atom is -0.438 e. The SMILES string of the molecule is O=C(Nc1ccc(C2OC(=O)N(Cc3ccccc3)C2C(=O)Nc2cccc(F)c2)cc1)c1ccccc1F. The molecule has 2 unspecified atom stereocenters. The third kappa shape index (κ3) is 5.77. The molecule has 9 heteroatoms. The molecule has 5 rings (SSSR count). The van der Waals surface area contributed by atoms with E-state index in [4.69, 9.17) is 4.74 Å². The van der Waals surface area contributed by atoms with E-state index in [1.165, 1.54) is 41.3 Å². The van der Waals surface area contributed by atoms with Crippen molar-refractivity contribution in [1.82, 2.24) is 4.90 Å². The van der Waals surface area contributed by atoms with Crippen molar-refractivity contribution < 1.29 is 27.9 Å². The molecular formula is C30H23F2N3O4. The van der Waals surface area contributed by atoms with Gasteiger partial charge in [0.1, 0.15) is 11.6 Å². The van der Waals surface area contributed by atoms with E-state index in [0.717, 1.165) is 5.56 Å². The molecule has 0 saturated carbocycles. The third-order valence-corrected chi connectivity index (χ3v) is 6.26. The van der Waals surface area contributed by atoms with Gasteiger partial charge in [-0.05, 0) is 53.6 Å². The molecule has 196 valence electrons. The van der Waals surface area contributed by atoms with Gasteiger partial charge in [0.05, 0.1) is 12.1 Å². The number of nitrogens with one attached hydrogen (secondary N) is 2. The Balaban J connectivity index is 1.40. The Kier molecular flexibility index (Phi) is 7.31. The molecular weight excluding hydrogens is 504 g/mol. The van der Waals surface area contributed by atoms with Crippen LogP contribution >= 0.6 is 0 Å². The summed E-state index contributed by atoms with van der Waals surface area (Å²) in [4.78, 5) is 40.2. The maximum atomic E-state index is 14.0. The van der Waals surface area contributed by atoms with Crippen molar-refractivity contribution in [1.29, 1.82) is 0 Å². The molecule has 1 saturated heterocycles. The quantitative estimate of drug-likeness (QED) is 0.313. The zero-order valence-electron chi connectivity index (χ0n) is 20.5. The summed E-state index contributed by atoms with van der Waals surface area (Å²) >= 11 is 0. The maximum absolute atomic E-state index is 14.0. The Morgan fingerprint density at radius 1 is 0.795 bits per heavy atom. The van der Waals surface area contributed by atoms with E-state index in [-0.39, 0.29) is 17.8 Å². The first kappa shape index (κ1) is 25.6. The Hall–Kier alpha value is -5.05. The van der Waals surface area contributed by atoms with Crippen molar-refractivity contribution in [3.05, 3.63) is 131 Å².